The number of anilines is 1. The summed E-state index contributed by atoms with van der Waals surface area (Å²) in [6.45, 7) is 2.73. The Morgan fingerprint density at radius 3 is 2.44 bits per heavy atom. The van der Waals surface area contributed by atoms with E-state index in [4.69, 9.17) is 0 Å². The van der Waals surface area contributed by atoms with Gasteiger partial charge in [0.2, 0.25) is 0 Å². The number of carbonyl (C=O) groups excluding carboxylic acids is 1. The predicted molar refractivity (Wildman–Crippen MR) is 105 cm³/mol. The third kappa shape index (κ3) is 4.26. The minimum absolute atomic E-state index is 0.0390. The molecule has 1 heterocycles. The molecule has 0 aliphatic heterocycles. The monoisotopic (exact) mass is 370 g/mol. The second-order valence-electron chi connectivity index (χ2n) is 7.16. The number of amides is 1. The smallest absolute Gasteiger partial charge is 0.259 e. The Bertz CT molecular complexity index is 787. The second kappa shape index (κ2) is 8.46. The molecule has 1 saturated carbocycles. The van der Waals surface area contributed by atoms with Crippen molar-refractivity contribution in [3.8, 4) is 11.4 Å². The molecule has 0 N–H and O–H groups in total. The zero-order chi connectivity index (χ0) is 19.4. The van der Waals surface area contributed by atoms with Crippen LogP contribution < -0.4 is 4.90 Å². The average molecular weight is 370 g/mol. The van der Waals surface area contributed by atoms with Crippen molar-refractivity contribution < 1.29 is 9.18 Å². The molecule has 27 heavy (non-hydrogen) atoms. The van der Waals surface area contributed by atoms with Gasteiger partial charge in [0, 0.05) is 38.4 Å². The minimum atomic E-state index is -0.300. The Balaban J connectivity index is 1.94. The number of halogens is 1. The number of benzene rings is 1. The highest BCUT2D eigenvalue weighted by Gasteiger charge is 2.26. The fraction of sp³-hybridized carbons (Fsp3) is 0.476. The maximum Gasteiger partial charge on any atom is 0.259 e. The summed E-state index contributed by atoms with van der Waals surface area (Å²) in [5, 5.41) is 0. The maximum absolute atomic E-state index is 13.2. The first-order valence-corrected chi connectivity index (χ1v) is 9.62. The van der Waals surface area contributed by atoms with Crippen LogP contribution in [0.1, 0.15) is 49.4 Å². The highest BCUT2D eigenvalue weighted by molar-refractivity contribution is 5.99. The van der Waals surface area contributed by atoms with Crippen molar-refractivity contribution in [2.75, 3.05) is 25.5 Å². The number of nitrogens with zero attached hydrogens (tertiary/aromatic N) is 4. The fourth-order valence-corrected chi connectivity index (χ4v) is 3.53. The number of aromatic nitrogens is 2. The van der Waals surface area contributed by atoms with Crippen LogP contribution in [0.3, 0.4) is 0 Å². The molecular weight excluding hydrogens is 343 g/mol. The standard InChI is InChI=1S/C21H27FN4O/c1-4-25(2)20-18(21(27)26(3)17-8-6-5-7-9-17)14-23-19(24-20)15-10-12-16(22)13-11-15/h10-14,17H,4-9H2,1-3H3. The van der Waals surface area contributed by atoms with Crippen molar-refractivity contribution >= 4 is 11.7 Å². The molecular formula is C21H27FN4O. The Hall–Kier alpha value is -2.50. The van der Waals surface area contributed by atoms with Gasteiger partial charge < -0.3 is 9.80 Å². The van der Waals surface area contributed by atoms with Gasteiger partial charge in [0.1, 0.15) is 17.2 Å². The lowest BCUT2D eigenvalue weighted by Gasteiger charge is -2.32. The minimum Gasteiger partial charge on any atom is -0.359 e. The van der Waals surface area contributed by atoms with Crippen molar-refractivity contribution in [1.82, 2.24) is 14.9 Å². The second-order valence-corrected chi connectivity index (χ2v) is 7.16. The largest absolute Gasteiger partial charge is 0.359 e. The van der Waals surface area contributed by atoms with Gasteiger partial charge in [-0.3, -0.25) is 4.79 Å². The van der Waals surface area contributed by atoms with Crippen LogP contribution in [0, 0.1) is 5.82 Å². The molecule has 1 aliphatic carbocycles. The zero-order valence-electron chi connectivity index (χ0n) is 16.3. The highest BCUT2D eigenvalue weighted by atomic mass is 19.1. The van der Waals surface area contributed by atoms with Crippen molar-refractivity contribution in [3.63, 3.8) is 0 Å². The van der Waals surface area contributed by atoms with E-state index in [1.165, 1.54) is 31.4 Å². The van der Waals surface area contributed by atoms with Gasteiger partial charge in [-0.05, 0) is 44.0 Å². The molecule has 144 valence electrons. The van der Waals surface area contributed by atoms with E-state index >= 15 is 0 Å². The van der Waals surface area contributed by atoms with Crippen LogP contribution in [0.25, 0.3) is 11.4 Å². The van der Waals surface area contributed by atoms with E-state index in [-0.39, 0.29) is 17.8 Å². The Morgan fingerprint density at radius 2 is 1.81 bits per heavy atom. The summed E-state index contributed by atoms with van der Waals surface area (Å²) in [6.07, 6.45) is 7.30. The summed E-state index contributed by atoms with van der Waals surface area (Å²) in [6, 6.07) is 6.35. The topological polar surface area (TPSA) is 49.3 Å². The first kappa shape index (κ1) is 19.3. The van der Waals surface area contributed by atoms with Crippen LogP contribution >= 0.6 is 0 Å². The summed E-state index contributed by atoms with van der Waals surface area (Å²) in [4.78, 5) is 26.0. The van der Waals surface area contributed by atoms with Gasteiger partial charge in [-0.25, -0.2) is 14.4 Å². The molecule has 0 radical (unpaired) electrons. The van der Waals surface area contributed by atoms with Gasteiger partial charge in [-0.15, -0.1) is 0 Å². The summed E-state index contributed by atoms with van der Waals surface area (Å²) in [5.74, 6) is 0.759. The molecule has 1 aromatic carbocycles. The molecule has 0 spiro atoms. The Kier molecular flexibility index (Phi) is 6.04. The lowest BCUT2D eigenvalue weighted by Crippen LogP contribution is -2.39. The Morgan fingerprint density at radius 1 is 1.15 bits per heavy atom. The first-order chi connectivity index (χ1) is 13.0. The van der Waals surface area contributed by atoms with Crippen molar-refractivity contribution in [3.05, 3.63) is 41.8 Å². The highest BCUT2D eigenvalue weighted by Crippen LogP contribution is 2.26. The molecule has 6 heteroatoms. The van der Waals surface area contributed by atoms with Crippen LogP contribution in [-0.4, -0.2) is 47.5 Å². The van der Waals surface area contributed by atoms with Crippen molar-refractivity contribution in [1.29, 1.82) is 0 Å². The van der Waals surface area contributed by atoms with E-state index < -0.39 is 0 Å². The Labute approximate surface area is 160 Å². The van der Waals surface area contributed by atoms with E-state index in [1.54, 1.807) is 18.3 Å². The van der Waals surface area contributed by atoms with E-state index in [2.05, 4.69) is 9.97 Å². The summed E-state index contributed by atoms with van der Waals surface area (Å²) < 4.78 is 13.2. The number of hydrogen-bond donors (Lipinski definition) is 0. The lowest BCUT2D eigenvalue weighted by molar-refractivity contribution is 0.0696. The molecule has 0 atom stereocenters. The van der Waals surface area contributed by atoms with Gasteiger partial charge >= 0.3 is 0 Å². The summed E-state index contributed by atoms with van der Waals surface area (Å²) in [7, 11) is 3.79. The molecule has 1 aromatic heterocycles. The zero-order valence-corrected chi connectivity index (χ0v) is 16.3. The van der Waals surface area contributed by atoms with Crippen LogP contribution in [0.2, 0.25) is 0 Å². The molecule has 0 saturated heterocycles. The van der Waals surface area contributed by atoms with E-state index in [9.17, 15) is 9.18 Å². The van der Waals surface area contributed by atoms with Crippen molar-refractivity contribution in [2.24, 2.45) is 0 Å². The van der Waals surface area contributed by atoms with Crippen LogP contribution in [0.5, 0.6) is 0 Å². The molecule has 3 rings (SSSR count). The average Bonchev–Trinajstić information content (AvgIpc) is 2.73. The third-order valence-corrected chi connectivity index (χ3v) is 5.38. The first-order valence-electron chi connectivity index (χ1n) is 9.62. The summed E-state index contributed by atoms with van der Waals surface area (Å²) in [5.41, 5.74) is 1.24. The predicted octanol–water partition coefficient (Wildman–Crippen LogP) is 4.14. The molecule has 1 amide bonds. The van der Waals surface area contributed by atoms with Crippen LogP contribution in [0.15, 0.2) is 30.5 Å². The molecule has 2 aromatic rings. The number of rotatable bonds is 5. The van der Waals surface area contributed by atoms with E-state index in [0.717, 1.165) is 18.4 Å². The third-order valence-electron chi connectivity index (χ3n) is 5.38. The van der Waals surface area contributed by atoms with E-state index in [1.807, 2.05) is 30.8 Å². The molecule has 5 nitrogen and oxygen atoms in total. The molecule has 0 unspecified atom stereocenters. The van der Waals surface area contributed by atoms with E-state index in [0.29, 0.717) is 23.8 Å². The molecule has 0 bridgehead atoms. The quantitative estimate of drug-likeness (QED) is 0.794. The maximum atomic E-state index is 13.2. The molecule has 1 aliphatic rings. The van der Waals surface area contributed by atoms with Crippen molar-refractivity contribution in [2.45, 2.75) is 45.1 Å². The van der Waals surface area contributed by atoms with Gasteiger partial charge in [-0.1, -0.05) is 19.3 Å². The number of hydrogen-bond acceptors (Lipinski definition) is 4. The molecule has 1 fully saturated rings. The normalized spacial score (nSPS) is 14.8. The van der Waals surface area contributed by atoms with Gasteiger partial charge in [0.15, 0.2) is 5.82 Å². The number of carbonyl (C=O) groups is 1. The fourth-order valence-electron chi connectivity index (χ4n) is 3.53. The summed E-state index contributed by atoms with van der Waals surface area (Å²) >= 11 is 0. The lowest BCUT2D eigenvalue weighted by atomic mass is 9.94. The SMILES string of the molecule is CCN(C)c1nc(-c2ccc(F)cc2)ncc1C(=O)N(C)C1CCCCC1. The van der Waals surface area contributed by atoms with Crippen LogP contribution in [0.4, 0.5) is 10.2 Å². The van der Waals surface area contributed by atoms with Gasteiger partial charge in [0.05, 0.1) is 0 Å². The van der Waals surface area contributed by atoms with Gasteiger partial charge in [-0.2, -0.15) is 0 Å². The van der Waals surface area contributed by atoms with Gasteiger partial charge in [0.25, 0.3) is 5.91 Å². The van der Waals surface area contributed by atoms with Crippen LogP contribution in [-0.2, 0) is 0 Å².